The topological polar surface area (TPSA) is 122 Å². The van der Waals surface area contributed by atoms with E-state index < -0.39 is 34.7 Å². The fourth-order valence-corrected chi connectivity index (χ4v) is 7.70. The van der Waals surface area contributed by atoms with E-state index in [-0.39, 0.29) is 42.1 Å². The number of aliphatic carboxylic acids is 1. The van der Waals surface area contributed by atoms with Crippen LogP contribution >= 0.6 is 0 Å². The molecule has 1 saturated carbocycles. The van der Waals surface area contributed by atoms with Gasteiger partial charge in [-0.25, -0.2) is 12.8 Å². The summed E-state index contributed by atoms with van der Waals surface area (Å²) >= 11 is 0. The predicted molar refractivity (Wildman–Crippen MR) is 143 cm³/mol. The van der Waals surface area contributed by atoms with Gasteiger partial charge in [-0.15, -0.1) is 0 Å². The van der Waals surface area contributed by atoms with Crippen LogP contribution in [0.4, 0.5) is 4.39 Å². The van der Waals surface area contributed by atoms with Gasteiger partial charge in [0.05, 0.1) is 47.3 Å². The highest BCUT2D eigenvalue weighted by atomic mass is 32.2. The highest BCUT2D eigenvalue weighted by Gasteiger charge is 2.42. The van der Waals surface area contributed by atoms with Crippen LogP contribution in [0.3, 0.4) is 0 Å². The van der Waals surface area contributed by atoms with Gasteiger partial charge in [0, 0.05) is 17.5 Å². The Balaban J connectivity index is 1.55. The Hall–Kier alpha value is -3.02. The number of ether oxygens (including phenoxy) is 1. The van der Waals surface area contributed by atoms with Crippen molar-refractivity contribution < 1.29 is 32.6 Å². The molecule has 9 nitrogen and oxygen atoms in total. The third-order valence-electron chi connectivity index (χ3n) is 7.72. The van der Waals surface area contributed by atoms with Crippen LogP contribution in [0.15, 0.2) is 41.3 Å². The quantitative estimate of drug-likeness (QED) is 0.402. The molecule has 2 N–H and O–H groups in total. The number of rotatable bonds is 9. The van der Waals surface area contributed by atoms with E-state index in [1.165, 1.54) is 22.5 Å². The van der Waals surface area contributed by atoms with Crippen molar-refractivity contribution >= 4 is 26.9 Å². The van der Waals surface area contributed by atoms with E-state index in [4.69, 9.17) is 4.74 Å². The van der Waals surface area contributed by atoms with E-state index in [0.717, 1.165) is 25.7 Å². The number of hydrogen-bond donors (Lipinski definition) is 2. The molecule has 1 saturated heterocycles. The molecule has 2 atom stereocenters. The Morgan fingerprint density at radius 1 is 1.15 bits per heavy atom. The summed E-state index contributed by atoms with van der Waals surface area (Å²) in [6, 6.07) is 7.90. The first-order chi connectivity index (χ1) is 18.6. The molecule has 0 radical (unpaired) electrons. The minimum Gasteiger partial charge on any atom is -0.491 e. The summed E-state index contributed by atoms with van der Waals surface area (Å²) in [5.41, 5.74) is 1.38. The first-order valence-corrected chi connectivity index (χ1v) is 14.8. The molecule has 1 aromatic heterocycles. The van der Waals surface area contributed by atoms with E-state index in [1.807, 2.05) is 13.8 Å². The first kappa shape index (κ1) is 27.5. The lowest BCUT2D eigenvalue weighted by molar-refractivity contribution is -0.136. The summed E-state index contributed by atoms with van der Waals surface area (Å²) in [5.74, 6) is -0.870. The summed E-state index contributed by atoms with van der Waals surface area (Å²) in [5, 5.41) is 24.9. The Bertz CT molecular complexity index is 1460. The molecule has 0 spiro atoms. The van der Waals surface area contributed by atoms with Crippen LogP contribution in [0.25, 0.3) is 10.9 Å². The molecule has 2 heterocycles. The molecule has 1 aliphatic carbocycles. The maximum absolute atomic E-state index is 15.3. The van der Waals surface area contributed by atoms with Gasteiger partial charge in [-0.3, -0.25) is 9.48 Å². The molecule has 2 aliphatic rings. The van der Waals surface area contributed by atoms with Gasteiger partial charge in [0.25, 0.3) is 0 Å². The van der Waals surface area contributed by atoms with Crippen LogP contribution in [0.2, 0.25) is 0 Å². The lowest BCUT2D eigenvalue weighted by Gasteiger charge is -2.22. The van der Waals surface area contributed by atoms with Crippen molar-refractivity contribution in [2.24, 2.45) is 0 Å². The molecule has 0 unspecified atom stereocenters. The van der Waals surface area contributed by atoms with Gasteiger partial charge in [0.15, 0.2) is 0 Å². The number of carbonyl (C=O) groups is 1. The second-order valence-corrected chi connectivity index (χ2v) is 12.6. The van der Waals surface area contributed by atoms with Crippen molar-refractivity contribution in [3.05, 3.63) is 53.5 Å². The maximum atomic E-state index is 15.3. The number of aliphatic hydroxyl groups is 1. The fraction of sp³-hybridized carbons (Fsp3) is 0.500. The number of carboxylic acids is 1. The molecule has 39 heavy (non-hydrogen) atoms. The van der Waals surface area contributed by atoms with Crippen LogP contribution in [0.1, 0.15) is 69.2 Å². The number of carboxylic acid groups (broad SMARTS) is 1. The molecule has 210 valence electrons. The summed E-state index contributed by atoms with van der Waals surface area (Å²) in [6.45, 7) is 3.38. The molecule has 5 rings (SSSR count). The number of fused-ring (bicyclic) bond motifs is 1. The number of hydrogen-bond acceptors (Lipinski definition) is 6. The van der Waals surface area contributed by atoms with E-state index in [2.05, 4.69) is 5.10 Å². The van der Waals surface area contributed by atoms with Crippen molar-refractivity contribution in [2.75, 3.05) is 13.2 Å². The third-order valence-corrected chi connectivity index (χ3v) is 9.65. The minimum atomic E-state index is -3.98. The summed E-state index contributed by atoms with van der Waals surface area (Å²) in [4.78, 5) is 11.7. The normalized spacial score (nSPS) is 20.8. The van der Waals surface area contributed by atoms with Gasteiger partial charge in [-0.05, 0) is 75.4 Å². The van der Waals surface area contributed by atoms with Crippen molar-refractivity contribution in [1.29, 1.82) is 0 Å². The molecule has 0 amide bonds. The molecule has 1 aliphatic heterocycles. The van der Waals surface area contributed by atoms with Gasteiger partial charge in [-0.2, -0.15) is 9.40 Å². The van der Waals surface area contributed by atoms with E-state index in [0.29, 0.717) is 27.9 Å². The molecular weight excluding hydrogens is 525 g/mol. The number of sulfonamides is 1. The van der Waals surface area contributed by atoms with Gasteiger partial charge in [-0.1, -0.05) is 12.8 Å². The van der Waals surface area contributed by atoms with E-state index in [9.17, 15) is 23.4 Å². The van der Waals surface area contributed by atoms with Crippen LogP contribution in [0.5, 0.6) is 5.75 Å². The zero-order valence-electron chi connectivity index (χ0n) is 22.1. The smallest absolute Gasteiger partial charge is 0.309 e. The van der Waals surface area contributed by atoms with E-state index >= 15 is 4.39 Å². The van der Waals surface area contributed by atoms with Gasteiger partial charge < -0.3 is 14.9 Å². The van der Waals surface area contributed by atoms with Crippen molar-refractivity contribution in [1.82, 2.24) is 14.1 Å². The SMILES string of the molecule is CC(C)Oc1ccc(S(=O)(=O)N2C[C@H](n3nc(CC(=O)O)c4ccc(F)c(C5CCCC5)c43)C[C@@H]2CO)cc1. The lowest BCUT2D eigenvalue weighted by Crippen LogP contribution is -2.37. The first-order valence-electron chi connectivity index (χ1n) is 13.4. The second-order valence-electron chi connectivity index (χ2n) is 10.7. The summed E-state index contributed by atoms with van der Waals surface area (Å²) in [7, 11) is -3.98. The third kappa shape index (κ3) is 5.27. The lowest BCUT2D eigenvalue weighted by atomic mass is 9.94. The summed E-state index contributed by atoms with van der Waals surface area (Å²) in [6.07, 6.45) is 3.50. The zero-order chi connectivity index (χ0) is 27.9. The standard InChI is InChI=1S/C28H34FN3O6S/c1-17(2)38-21-7-9-22(10-8-21)39(36,37)31-15-19(13-20(31)16-33)32-28-23(25(30-32)14-26(34)35)11-12-24(29)27(28)18-5-3-4-6-18/h7-12,17-20,33H,3-6,13-16H2,1-2H3,(H,34,35)/t19-,20-/m1/s1. The highest BCUT2D eigenvalue weighted by molar-refractivity contribution is 7.89. The Labute approximate surface area is 227 Å². The van der Waals surface area contributed by atoms with Crippen LogP contribution in [-0.2, 0) is 21.2 Å². The largest absolute Gasteiger partial charge is 0.491 e. The average Bonchev–Trinajstić information content (AvgIpc) is 3.63. The highest BCUT2D eigenvalue weighted by Crippen LogP contribution is 2.42. The van der Waals surface area contributed by atoms with Crippen LogP contribution in [0, 0.1) is 5.82 Å². The number of aliphatic hydroxyl groups excluding tert-OH is 1. The van der Waals surface area contributed by atoms with Crippen LogP contribution in [-0.4, -0.2) is 64.0 Å². The van der Waals surface area contributed by atoms with Crippen molar-refractivity contribution in [3.63, 3.8) is 0 Å². The molecular formula is C28H34FN3O6S. The summed E-state index contributed by atoms with van der Waals surface area (Å²) < 4.78 is 51.2. The monoisotopic (exact) mass is 559 g/mol. The van der Waals surface area contributed by atoms with Gasteiger partial charge >= 0.3 is 5.97 Å². The minimum absolute atomic E-state index is 0.0109. The second kappa shape index (κ2) is 10.9. The molecule has 11 heteroatoms. The molecule has 0 bridgehead atoms. The zero-order valence-corrected chi connectivity index (χ0v) is 22.9. The number of aromatic nitrogens is 2. The van der Waals surface area contributed by atoms with Crippen LogP contribution < -0.4 is 4.74 Å². The fourth-order valence-electron chi connectivity index (χ4n) is 6.04. The van der Waals surface area contributed by atoms with Gasteiger partial charge in [0.1, 0.15) is 11.6 Å². The number of nitrogens with zero attached hydrogens (tertiary/aromatic N) is 3. The maximum Gasteiger partial charge on any atom is 0.309 e. The van der Waals surface area contributed by atoms with Crippen molar-refractivity contribution in [3.8, 4) is 5.75 Å². The number of halogens is 1. The Morgan fingerprint density at radius 2 is 1.85 bits per heavy atom. The van der Waals surface area contributed by atoms with E-state index in [1.54, 1.807) is 22.9 Å². The predicted octanol–water partition coefficient (Wildman–Crippen LogP) is 4.24. The number of benzene rings is 2. The van der Waals surface area contributed by atoms with Crippen molar-refractivity contribution in [2.45, 2.75) is 81.4 Å². The van der Waals surface area contributed by atoms with Gasteiger partial charge in [0.2, 0.25) is 10.0 Å². The Kier molecular flexibility index (Phi) is 7.67. The molecule has 2 aromatic carbocycles. The Morgan fingerprint density at radius 3 is 2.46 bits per heavy atom. The molecule has 3 aromatic rings. The average molecular weight is 560 g/mol. The molecule has 2 fully saturated rings.